The van der Waals surface area contributed by atoms with Crippen LogP contribution in [0.5, 0.6) is 0 Å². The standard InChI is InChI=1S/C23H34N4O3/c1-18(28)27-12-9-20-7-8-21(15-22(20)27)24-23(29)26-11-4-10-25(13-14-26)17-30-16-19-5-2-3-6-19/h7-8,15,19H,2-6,9-14,16-17H2,1H3,(H,24,29). The molecular formula is C23H34N4O3. The Morgan fingerprint density at radius 2 is 1.90 bits per heavy atom. The summed E-state index contributed by atoms with van der Waals surface area (Å²) >= 11 is 0. The fourth-order valence-corrected chi connectivity index (χ4v) is 4.82. The van der Waals surface area contributed by atoms with Gasteiger partial charge in [0.2, 0.25) is 5.91 Å². The molecule has 4 rings (SSSR count). The van der Waals surface area contributed by atoms with E-state index in [9.17, 15) is 9.59 Å². The van der Waals surface area contributed by atoms with E-state index in [1.165, 1.54) is 25.7 Å². The number of nitrogens with one attached hydrogen (secondary N) is 1. The van der Waals surface area contributed by atoms with Crippen LogP contribution in [0.15, 0.2) is 18.2 Å². The second-order valence-corrected chi connectivity index (χ2v) is 8.80. The van der Waals surface area contributed by atoms with Crippen LogP contribution in [0.1, 0.15) is 44.6 Å². The van der Waals surface area contributed by atoms with Crippen LogP contribution in [-0.2, 0) is 16.0 Å². The maximum absolute atomic E-state index is 12.8. The molecule has 1 aliphatic carbocycles. The maximum Gasteiger partial charge on any atom is 0.321 e. The van der Waals surface area contributed by atoms with Gasteiger partial charge in [-0.2, -0.15) is 0 Å². The van der Waals surface area contributed by atoms with Crippen LogP contribution in [0.4, 0.5) is 16.2 Å². The van der Waals surface area contributed by atoms with Gasteiger partial charge in [-0.05, 0) is 49.3 Å². The minimum Gasteiger partial charge on any atom is -0.366 e. The summed E-state index contributed by atoms with van der Waals surface area (Å²) in [7, 11) is 0. The Balaban J connectivity index is 1.26. The average Bonchev–Trinajstić information content (AvgIpc) is 3.33. The SMILES string of the molecule is CC(=O)N1CCc2ccc(NC(=O)N3CCCN(COCC4CCCC4)CC3)cc21. The van der Waals surface area contributed by atoms with Gasteiger partial charge in [0.1, 0.15) is 0 Å². The Bertz CT molecular complexity index is 763. The van der Waals surface area contributed by atoms with Crippen molar-refractivity contribution in [1.82, 2.24) is 9.80 Å². The van der Waals surface area contributed by atoms with Crippen molar-refractivity contribution in [2.45, 2.75) is 45.4 Å². The largest absolute Gasteiger partial charge is 0.366 e. The fourth-order valence-electron chi connectivity index (χ4n) is 4.82. The maximum atomic E-state index is 12.8. The fraction of sp³-hybridized carbons (Fsp3) is 0.652. The lowest BCUT2D eigenvalue weighted by Gasteiger charge is -2.23. The highest BCUT2D eigenvalue weighted by Gasteiger charge is 2.24. The Morgan fingerprint density at radius 1 is 1.07 bits per heavy atom. The first-order valence-corrected chi connectivity index (χ1v) is 11.4. The van der Waals surface area contributed by atoms with E-state index in [1.807, 2.05) is 23.1 Å². The first-order valence-electron chi connectivity index (χ1n) is 11.4. The van der Waals surface area contributed by atoms with Gasteiger partial charge in [0, 0.05) is 51.0 Å². The van der Waals surface area contributed by atoms with Crippen LogP contribution >= 0.6 is 0 Å². The zero-order valence-corrected chi connectivity index (χ0v) is 18.1. The van der Waals surface area contributed by atoms with Gasteiger partial charge in [-0.15, -0.1) is 0 Å². The summed E-state index contributed by atoms with van der Waals surface area (Å²) in [6.07, 6.45) is 7.12. The molecule has 3 amide bonds. The Kier molecular flexibility index (Phi) is 6.89. The molecule has 7 heteroatoms. The number of ether oxygens (including phenoxy) is 1. The van der Waals surface area contributed by atoms with E-state index in [-0.39, 0.29) is 11.9 Å². The van der Waals surface area contributed by atoms with Crippen molar-refractivity contribution in [3.05, 3.63) is 23.8 Å². The Labute approximate surface area is 179 Å². The van der Waals surface area contributed by atoms with Crippen LogP contribution in [-0.4, -0.2) is 67.8 Å². The van der Waals surface area contributed by atoms with Crippen molar-refractivity contribution in [3.8, 4) is 0 Å². The Morgan fingerprint density at radius 3 is 2.70 bits per heavy atom. The average molecular weight is 415 g/mol. The molecule has 1 saturated carbocycles. The molecule has 1 aromatic rings. The number of hydrogen-bond donors (Lipinski definition) is 1. The van der Waals surface area contributed by atoms with Gasteiger partial charge >= 0.3 is 6.03 Å². The third kappa shape index (κ3) is 5.13. The van der Waals surface area contributed by atoms with Gasteiger partial charge in [0.25, 0.3) is 0 Å². The topological polar surface area (TPSA) is 65.1 Å². The normalized spacial score (nSPS) is 20.3. The number of carbonyl (C=O) groups is 2. The summed E-state index contributed by atoms with van der Waals surface area (Å²) in [5.74, 6) is 0.783. The van der Waals surface area contributed by atoms with Crippen molar-refractivity contribution in [3.63, 3.8) is 0 Å². The minimum absolute atomic E-state index is 0.0417. The number of hydrogen-bond acceptors (Lipinski definition) is 4. The number of fused-ring (bicyclic) bond motifs is 1. The van der Waals surface area contributed by atoms with Crippen molar-refractivity contribution in [1.29, 1.82) is 0 Å². The summed E-state index contributed by atoms with van der Waals surface area (Å²) in [6.45, 7) is 7.07. The summed E-state index contributed by atoms with van der Waals surface area (Å²) in [6, 6.07) is 5.79. The van der Waals surface area contributed by atoms with Gasteiger partial charge < -0.3 is 19.9 Å². The minimum atomic E-state index is -0.0731. The van der Waals surface area contributed by atoms with Crippen LogP contribution in [0.3, 0.4) is 0 Å². The first-order chi connectivity index (χ1) is 14.6. The predicted octanol–water partition coefficient (Wildman–Crippen LogP) is 3.30. The number of amides is 3. The molecule has 0 spiro atoms. The van der Waals surface area contributed by atoms with E-state index in [1.54, 1.807) is 11.8 Å². The molecule has 0 radical (unpaired) electrons. The third-order valence-electron chi connectivity index (χ3n) is 6.59. The van der Waals surface area contributed by atoms with Crippen LogP contribution < -0.4 is 10.2 Å². The van der Waals surface area contributed by atoms with Crippen molar-refractivity contribution in [2.24, 2.45) is 5.92 Å². The van der Waals surface area contributed by atoms with E-state index in [4.69, 9.17) is 4.74 Å². The van der Waals surface area contributed by atoms with Gasteiger partial charge in [-0.25, -0.2) is 4.79 Å². The van der Waals surface area contributed by atoms with Crippen LogP contribution in [0.25, 0.3) is 0 Å². The number of rotatable bonds is 5. The number of anilines is 2. The highest BCUT2D eigenvalue weighted by Crippen LogP contribution is 2.31. The zero-order chi connectivity index (χ0) is 20.9. The molecule has 2 heterocycles. The van der Waals surface area contributed by atoms with E-state index in [2.05, 4.69) is 10.2 Å². The molecule has 2 fully saturated rings. The quantitative estimate of drug-likeness (QED) is 0.803. The van der Waals surface area contributed by atoms with E-state index in [0.29, 0.717) is 19.8 Å². The molecular weight excluding hydrogens is 380 g/mol. The molecule has 3 aliphatic rings. The van der Waals surface area contributed by atoms with Gasteiger partial charge in [-0.1, -0.05) is 18.9 Å². The van der Waals surface area contributed by atoms with Crippen LogP contribution in [0, 0.1) is 5.92 Å². The third-order valence-corrected chi connectivity index (χ3v) is 6.59. The molecule has 0 unspecified atom stereocenters. The monoisotopic (exact) mass is 414 g/mol. The van der Waals surface area contributed by atoms with E-state index >= 15 is 0 Å². The van der Waals surface area contributed by atoms with E-state index < -0.39 is 0 Å². The smallest absolute Gasteiger partial charge is 0.321 e. The summed E-state index contributed by atoms with van der Waals surface area (Å²) in [4.78, 5) is 30.6. The first kappa shape index (κ1) is 21.1. The molecule has 1 N–H and O–H groups in total. The lowest BCUT2D eigenvalue weighted by Crippen LogP contribution is -2.38. The second kappa shape index (κ2) is 9.79. The summed E-state index contributed by atoms with van der Waals surface area (Å²) in [5.41, 5.74) is 2.82. The second-order valence-electron chi connectivity index (χ2n) is 8.80. The lowest BCUT2D eigenvalue weighted by molar-refractivity contribution is -0.116. The zero-order valence-electron chi connectivity index (χ0n) is 18.1. The highest BCUT2D eigenvalue weighted by molar-refractivity contribution is 5.96. The number of urea groups is 1. The summed E-state index contributed by atoms with van der Waals surface area (Å²) < 4.78 is 5.95. The molecule has 1 saturated heterocycles. The summed E-state index contributed by atoms with van der Waals surface area (Å²) in [5, 5.41) is 3.02. The molecule has 164 valence electrons. The van der Waals surface area contributed by atoms with Crippen molar-refractivity contribution in [2.75, 3.05) is 56.3 Å². The number of carbonyl (C=O) groups excluding carboxylic acids is 2. The van der Waals surface area contributed by atoms with Gasteiger partial charge in [-0.3, -0.25) is 9.69 Å². The number of benzene rings is 1. The molecule has 0 atom stereocenters. The Hall–Kier alpha value is -2.12. The predicted molar refractivity (Wildman–Crippen MR) is 118 cm³/mol. The molecule has 30 heavy (non-hydrogen) atoms. The molecule has 1 aromatic carbocycles. The lowest BCUT2D eigenvalue weighted by atomic mass is 10.1. The van der Waals surface area contributed by atoms with Crippen molar-refractivity contribution >= 4 is 23.3 Å². The van der Waals surface area contributed by atoms with Gasteiger partial charge in [0.05, 0.1) is 13.3 Å². The highest BCUT2D eigenvalue weighted by atomic mass is 16.5. The molecule has 2 aliphatic heterocycles. The van der Waals surface area contributed by atoms with Gasteiger partial charge in [0.15, 0.2) is 0 Å². The van der Waals surface area contributed by atoms with Crippen LogP contribution in [0.2, 0.25) is 0 Å². The molecule has 0 bridgehead atoms. The number of nitrogens with zero attached hydrogens (tertiary/aromatic N) is 3. The van der Waals surface area contributed by atoms with E-state index in [0.717, 1.165) is 61.9 Å². The molecule has 7 nitrogen and oxygen atoms in total. The van der Waals surface area contributed by atoms with Crippen molar-refractivity contribution < 1.29 is 14.3 Å². The molecule has 0 aromatic heterocycles.